The first kappa shape index (κ1) is 9.68. The fourth-order valence-corrected chi connectivity index (χ4v) is 2.27. The molecule has 1 aromatic carbocycles. The number of hydrogen-bond acceptors (Lipinski definition) is 4. The Morgan fingerprint density at radius 1 is 1.21 bits per heavy atom. The van der Waals surface area contributed by atoms with E-state index in [1.165, 1.54) is 10.5 Å². The van der Waals surface area contributed by atoms with E-state index in [1.807, 2.05) is 29.3 Å². The Bertz CT molecular complexity index is 386. The monoisotopic (exact) mass is 222 g/mol. The summed E-state index contributed by atoms with van der Waals surface area (Å²) < 4.78 is 1.26. The average Bonchev–Trinajstić information content (AvgIpc) is 2.92. The zero-order chi connectivity index (χ0) is 9.64. The van der Waals surface area contributed by atoms with E-state index in [-0.39, 0.29) is 0 Å². The normalized spacial score (nSPS) is 14.0. The molecule has 0 bridgehead atoms. The third-order valence-corrected chi connectivity index (χ3v) is 3.25. The van der Waals surface area contributed by atoms with Crippen molar-refractivity contribution in [3.63, 3.8) is 0 Å². The van der Waals surface area contributed by atoms with Gasteiger partial charge >= 0.3 is 0 Å². The SMILES string of the molecule is C1=NCCS1.c1ccc2scnc2c1. The highest BCUT2D eigenvalue weighted by atomic mass is 32.2. The molecule has 0 N–H and O–H groups in total. The van der Waals surface area contributed by atoms with E-state index >= 15 is 0 Å². The second kappa shape index (κ2) is 5.12. The van der Waals surface area contributed by atoms with Gasteiger partial charge in [-0.3, -0.25) is 4.99 Å². The number of thioether (sulfide) groups is 1. The van der Waals surface area contributed by atoms with Gasteiger partial charge in [0.1, 0.15) is 0 Å². The number of para-hydroxylation sites is 1. The number of fused-ring (bicyclic) bond motifs is 1. The molecule has 0 aliphatic carbocycles. The molecule has 72 valence electrons. The summed E-state index contributed by atoms with van der Waals surface area (Å²) in [6.07, 6.45) is 0. The highest BCUT2D eigenvalue weighted by Gasteiger charge is 1.89. The summed E-state index contributed by atoms with van der Waals surface area (Å²) in [4.78, 5) is 8.06. The predicted molar refractivity (Wildman–Crippen MR) is 65.4 cm³/mol. The zero-order valence-electron chi connectivity index (χ0n) is 7.59. The Labute approximate surface area is 91.1 Å². The smallest absolute Gasteiger partial charge is 0.0812 e. The van der Waals surface area contributed by atoms with Crippen molar-refractivity contribution in [2.75, 3.05) is 12.3 Å². The van der Waals surface area contributed by atoms with Crippen molar-refractivity contribution in [1.82, 2.24) is 4.98 Å². The van der Waals surface area contributed by atoms with Gasteiger partial charge in [0.05, 0.1) is 21.3 Å². The summed E-state index contributed by atoms with van der Waals surface area (Å²) in [5.41, 5.74) is 4.87. The van der Waals surface area contributed by atoms with Crippen molar-refractivity contribution in [3.05, 3.63) is 29.8 Å². The summed E-state index contributed by atoms with van der Waals surface area (Å²) in [6, 6.07) is 8.13. The first-order valence-corrected chi connectivity index (χ1v) is 6.28. The van der Waals surface area contributed by atoms with Crippen LogP contribution in [0.25, 0.3) is 10.2 Å². The van der Waals surface area contributed by atoms with Gasteiger partial charge in [-0.15, -0.1) is 23.1 Å². The minimum absolute atomic E-state index is 1.03. The topological polar surface area (TPSA) is 25.2 Å². The molecule has 2 nitrogen and oxygen atoms in total. The first-order valence-electron chi connectivity index (χ1n) is 4.35. The summed E-state index contributed by atoms with van der Waals surface area (Å²) in [5.74, 6) is 1.19. The maximum Gasteiger partial charge on any atom is 0.0812 e. The van der Waals surface area contributed by atoms with Gasteiger partial charge < -0.3 is 0 Å². The second-order valence-corrected chi connectivity index (χ2v) is 4.54. The largest absolute Gasteiger partial charge is 0.285 e. The lowest BCUT2D eigenvalue weighted by atomic mass is 10.3. The van der Waals surface area contributed by atoms with Crippen molar-refractivity contribution in [1.29, 1.82) is 0 Å². The van der Waals surface area contributed by atoms with Crippen LogP contribution in [0.3, 0.4) is 0 Å². The zero-order valence-corrected chi connectivity index (χ0v) is 9.22. The van der Waals surface area contributed by atoms with Gasteiger partial charge in [-0.25, -0.2) is 4.98 Å². The molecule has 0 unspecified atom stereocenters. The van der Waals surface area contributed by atoms with Crippen LogP contribution in [-0.4, -0.2) is 22.8 Å². The van der Waals surface area contributed by atoms with E-state index in [2.05, 4.69) is 16.0 Å². The number of benzene rings is 1. The van der Waals surface area contributed by atoms with Crippen molar-refractivity contribution >= 4 is 38.9 Å². The fourth-order valence-electron chi connectivity index (χ4n) is 1.07. The minimum Gasteiger partial charge on any atom is -0.285 e. The number of thiazole rings is 1. The van der Waals surface area contributed by atoms with Gasteiger partial charge in [-0.2, -0.15) is 0 Å². The molecule has 0 atom stereocenters. The van der Waals surface area contributed by atoms with Crippen LogP contribution in [0.4, 0.5) is 0 Å². The molecule has 3 rings (SSSR count). The predicted octanol–water partition coefficient (Wildman–Crippen LogP) is 3.06. The quantitative estimate of drug-likeness (QED) is 0.684. The molecule has 2 heterocycles. The summed E-state index contributed by atoms with van der Waals surface area (Å²) in [5, 5.41) is 0. The van der Waals surface area contributed by atoms with E-state index in [4.69, 9.17) is 0 Å². The molecule has 1 aliphatic heterocycles. The highest BCUT2D eigenvalue weighted by Crippen LogP contribution is 2.15. The average molecular weight is 222 g/mol. The molecule has 0 fully saturated rings. The highest BCUT2D eigenvalue weighted by molar-refractivity contribution is 8.12. The Kier molecular flexibility index (Phi) is 3.54. The Morgan fingerprint density at radius 3 is 2.79 bits per heavy atom. The van der Waals surface area contributed by atoms with Crippen LogP contribution in [0.1, 0.15) is 0 Å². The van der Waals surface area contributed by atoms with E-state index in [0.717, 1.165) is 12.1 Å². The van der Waals surface area contributed by atoms with Crippen LogP contribution in [0, 0.1) is 0 Å². The van der Waals surface area contributed by atoms with Gasteiger partial charge in [0.2, 0.25) is 0 Å². The number of aromatic nitrogens is 1. The van der Waals surface area contributed by atoms with Crippen LogP contribution >= 0.6 is 23.1 Å². The number of hydrogen-bond donors (Lipinski definition) is 0. The Morgan fingerprint density at radius 2 is 2.14 bits per heavy atom. The Hall–Kier alpha value is -0.870. The van der Waals surface area contributed by atoms with E-state index < -0.39 is 0 Å². The lowest BCUT2D eigenvalue weighted by Gasteiger charge is -1.80. The minimum atomic E-state index is 1.03. The molecule has 14 heavy (non-hydrogen) atoms. The second-order valence-electron chi connectivity index (χ2n) is 2.70. The van der Waals surface area contributed by atoms with Crippen LogP contribution < -0.4 is 0 Å². The van der Waals surface area contributed by atoms with Crippen molar-refractivity contribution in [2.24, 2.45) is 4.99 Å². The van der Waals surface area contributed by atoms with Crippen LogP contribution in [-0.2, 0) is 0 Å². The summed E-state index contributed by atoms with van der Waals surface area (Å²) in [6.45, 7) is 1.03. The summed E-state index contributed by atoms with van der Waals surface area (Å²) >= 11 is 3.46. The van der Waals surface area contributed by atoms with E-state index in [1.54, 1.807) is 23.1 Å². The number of rotatable bonds is 0. The molecule has 0 saturated carbocycles. The fraction of sp³-hybridized carbons (Fsp3) is 0.200. The molecule has 0 saturated heterocycles. The molecule has 0 spiro atoms. The first-order chi connectivity index (χ1) is 6.97. The summed E-state index contributed by atoms with van der Waals surface area (Å²) in [7, 11) is 0. The Balaban J connectivity index is 0.000000128. The van der Waals surface area contributed by atoms with Crippen molar-refractivity contribution < 1.29 is 0 Å². The molecule has 1 aromatic heterocycles. The molecule has 2 aromatic rings. The van der Waals surface area contributed by atoms with E-state index in [0.29, 0.717) is 0 Å². The molecular weight excluding hydrogens is 212 g/mol. The van der Waals surface area contributed by atoms with Gasteiger partial charge in [0, 0.05) is 12.3 Å². The van der Waals surface area contributed by atoms with Gasteiger partial charge in [0.15, 0.2) is 0 Å². The van der Waals surface area contributed by atoms with E-state index in [9.17, 15) is 0 Å². The third kappa shape index (κ3) is 2.56. The van der Waals surface area contributed by atoms with Crippen molar-refractivity contribution in [3.8, 4) is 0 Å². The van der Waals surface area contributed by atoms with Gasteiger partial charge in [-0.1, -0.05) is 12.1 Å². The third-order valence-electron chi connectivity index (χ3n) is 1.72. The molecule has 0 amide bonds. The van der Waals surface area contributed by atoms with Crippen molar-refractivity contribution in [2.45, 2.75) is 0 Å². The number of nitrogens with zero attached hydrogens (tertiary/aromatic N) is 2. The molecule has 4 heteroatoms. The van der Waals surface area contributed by atoms with Gasteiger partial charge in [-0.05, 0) is 12.1 Å². The van der Waals surface area contributed by atoms with Crippen LogP contribution in [0.2, 0.25) is 0 Å². The maximum absolute atomic E-state index is 4.14. The maximum atomic E-state index is 4.14. The molecule has 1 aliphatic rings. The van der Waals surface area contributed by atoms with Crippen LogP contribution in [0.5, 0.6) is 0 Å². The molecular formula is C10H10N2S2. The molecule has 0 radical (unpaired) electrons. The van der Waals surface area contributed by atoms with Crippen LogP contribution in [0.15, 0.2) is 34.8 Å². The lowest BCUT2D eigenvalue weighted by Crippen LogP contribution is -1.69. The lowest BCUT2D eigenvalue weighted by molar-refractivity contribution is 1.18. The van der Waals surface area contributed by atoms with Gasteiger partial charge in [0.25, 0.3) is 0 Å². The standard InChI is InChI=1S/C7H5NS.C3H5NS/c1-2-4-7-6(3-1)8-5-9-7;1-2-5-3-4-1/h1-5H;3H,1-2H2. The number of aliphatic imine (C=N–C) groups is 1.